The maximum absolute atomic E-state index is 12.7. The Labute approximate surface area is 155 Å². The summed E-state index contributed by atoms with van der Waals surface area (Å²) in [4.78, 5) is 31.1. The highest BCUT2D eigenvalue weighted by Crippen LogP contribution is 2.27. The number of pyridine rings is 1. The minimum absolute atomic E-state index is 0.188. The van der Waals surface area contributed by atoms with Crippen molar-refractivity contribution in [2.45, 2.75) is 25.8 Å². The minimum atomic E-state index is -0.527. The van der Waals surface area contributed by atoms with Crippen LogP contribution in [0.25, 0.3) is 0 Å². The first-order valence-electron chi connectivity index (χ1n) is 7.95. The van der Waals surface area contributed by atoms with Crippen LogP contribution in [-0.2, 0) is 4.79 Å². The first kappa shape index (κ1) is 17.7. The fourth-order valence-corrected chi connectivity index (χ4v) is 3.31. The van der Waals surface area contributed by atoms with Crippen LogP contribution in [0.1, 0.15) is 28.9 Å². The minimum Gasteiger partial charge on any atom is -0.327 e. The lowest BCUT2D eigenvalue weighted by Crippen LogP contribution is -2.43. The Kier molecular flexibility index (Phi) is 5.25. The molecule has 1 aromatic carbocycles. The van der Waals surface area contributed by atoms with Crippen molar-refractivity contribution in [1.29, 1.82) is 0 Å². The molecule has 3 rings (SSSR count). The van der Waals surface area contributed by atoms with Gasteiger partial charge in [-0.05, 0) is 50.1 Å². The monoisotopic (exact) mass is 377 g/mol. The highest BCUT2D eigenvalue weighted by Gasteiger charge is 2.34. The molecule has 2 aromatic rings. The number of likely N-dealkylation sites (tertiary alicyclic amines) is 1. The summed E-state index contributed by atoms with van der Waals surface area (Å²) in [5.41, 5.74) is 1.80. The summed E-state index contributed by atoms with van der Waals surface area (Å²) in [5.74, 6) is -0.442. The van der Waals surface area contributed by atoms with Gasteiger partial charge in [0, 0.05) is 23.5 Å². The molecule has 130 valence electrons. The Morgan fingerprint density at radius 2 is 2.04 bits per heavy atom. The number of nitrogens with zero attached hydrogens (tertiary/aromatic N) is 2. The van der Waals surface area contributed by atoms with Crippen LogP contribution in [0.15, 0.2) is 36.5 Å². The predicted molar refractivity (Wildman–Crippen MR) is 98.1 cm³/mol. The van der Waals surface area contributed by atoms with Gasteiger partial charge in [0.25, 0.3) is 5.91 Å². The van der Waals surface area contributed by atoms with Crippen LogP contribution in [0.5, 0.6) is 0 Å². The zero-order chi connectivity index (χ0) is 18.0. The molecule has 0 radical (unpaired) electrons. The maximum atomic E-state index is 12.7. The van der Waals surface area contributed by atoms with E-state index in [0.29, 0.717) is 34.3 Å². The Bertz CT molecular complexity index is 808. The van der Waals surface area contributed by atoms with Crippen molar-refractivity contribution < 1.29 is 9.59 Å². The molecule has 0 bridgehead atoms. The Morgan fingerprint density at radius 3 is 2.72 bits per heavy atom. The van der Waals surface area contributed by atoms with Gasteiger partial charge in [0.05, 0.1) is 16.3 Å². The summed E-state index contributed by atoms with van der Waals surface area (Å²) in [7, 11) is 0. The molecule has 1 aromatic heterocycles. The molecule has 5 nitrogen and oxygen atoms in total. The molecule has 1 aliphatic rings. The molecule has 2 heterocycles. The third-order valence-electron chi connectivity index (χ3n) is 4.16. The molecule has 1 atom stereocenters. The highest BCUT2D eigenvalue weighted by atomic mass is 35.5. The van der Waals surface area contributed by atoms with Gasteiger partial charge in [0.2, 0.25) is 5.91 Å². The lowest BCUT2D eigenvalue weighted by Gasteiger charge is -2.24. The molecule has 1 N–H and O–H groups in total. The van der Waals surface area contributed by atoms with Crippen LogP contribution < -0.4 is 5.32 Å². The SMILES string of the molecule is Cc1ccc(C(=O)N2CCC[C@H]2C(=O)Nc2ccc(Cl)cc2Cl)cn1. The molecule has 0 spiro atoms. The number of carbonyl (C=O) groups excluding carboxylic acids is 2. The molecule has 1 saturated heterocycles. The van der Waals surface area contributed by atoms with Crippen LogP contribution in [0.4, 0.5) is 5.69 Å². The largest absolute Gasteiger partial charge is 0.327 e. The second kappa shape index (κ2) is 7.42. The molecular formula is C18H17Cl2N3O2. The first-order chi connectivity index (χ1) is 12.0. The van der Waals surface area contributed by atoms with E-state index in [1.54, 1.807) is 41.4 Å². The third kappa shape index (κ3) is 3.94. The molecular weight excluding hydrogens is 361 g/mol. The van der Waals surface area contributed by atoms with Gasteiger partial charge < -0.3 is 10.2 Å². The predicted octanol–water partition coefficient (Wildman–Crippen LogP) is 3.94. The van der Waals surface area contributed by atoms with Crippen molar-refractivity contribution in [2.24, 2.45) is 0 Å². The third-order valence-corrected chi connectivity index (χ3v) is 4.71. The summed E-state index contributed by atoms with van der Waals surface area (Å²) in [6.45, 7) is 2.40. The second-order valence-electron chi connectivity index (χ2n) is 5.96. The van der Waals surface area contributed by atoms with Crippen molar-refractivity contribution in [1.82, 2.24) is 9.88 Å². The number of aromatic nitrogens is 1. The molecule has 1 fully saturated rings. The van der Waals surface area contributed by atoms with Gasteiger partial charge in [0.15, 0.2) is 0 Å². The molecule has 25 heavy (non-hydrogen) atoms. The zero-order valence-corrected chi connectivity index (χ0v) is 15.1. The molecule has 0 saturated carbocycles. The standard InChI is InChI=1S/C18H17Cl2N3O2/c1-11-4-5-12(10-21-11)18(25)23-8-2-3-16(23)17(24)22-15-7-6-13(19)9-14(15)20/h4-7,9-10,16H,2-3,8H2,1H3,(H,22,24)/t16-/m0/s1. The van der Waals surface area contributed by atoms with Crippen LogP contribution in [0.3, 0.4) is 0 Å². The van der Waals surface area contributed by atoms with Gasteiger partial charge in [-0.25, -0.2) is 0 Å². The van der Waals surface area contributed by atoms with E-state index in [1.807, 2.05) is 6.92 Å². The number of rotatable bonds is 3. The zero-order valence-electron chi connectivity index (χ0n) is 13.6. The fraction of sp³-hybridized carbons (Fsp3) is 0.278. The fourth-order valence-electron chi connectivity index (χ4n) is 2.85. The van der Waals surface area contributed by atoms with Gasteiger partial charge in [-0.2, -0.15) is 0 Å². The topological polar surface area (TPSA) is 62.3 Å². The average Bonchev–Trinajstić information content (AvgIpc) is 3.07. The average molecular weight is 378 g/mol. The number of nitrogens with one attached hydrogen (secondary N) is 1. The van der Waals surface area contributed by atoms with E-state index in [0.717, 1.165) is 12.1 Å². The highest BCUT2D eigenvalue weighted by molar-refractivity contribution is 6.36. The van der Waals surface area contributed by atoms with Gasteiger partial charge in [-0.3, -0.25) is 14.6 Å². The smallest absolute Gasteiger partial charge is 0.256 e. The molecule has 0 aliphatic carbocycles. The van der Waals surface area contributed by atoms with Crippen molar-refractivity contribution >= 4 is 40.7 Å². The van der Waals surface area contributed by atoms with E-state index in [9.17, 15) is 9.59 Å². The van der Waals surface area contributed by atoms with E-state index >= 15 is 0 Å². The second-order valence-corrected chi connectivity index (χ2v) is 6.80. The quantitative estimate of drug-likeness (QED) is 0.880. The summed E-state index contributed by atoms with van der Waals surface area (Å²) >= 11 is 12.0. The van der Waals surface area contributed by atoms with Crippen molar-refractivity contribution in [3.05, 3.63) is 57.8 Å². The maximum Gasteiger partial charge on any atom is 0.256 e. The molecule has 1 aliphatic heterocycles. The van der Waals surface area contributed by atoms with Crippen LogP contribution >= 0.6 is 23.2 Å². The van der Waals surface area contributed by atoms with Gasteiger partial charge in [0.1, 0.15) is 6.04 Å². The normalized spacial score (nSPS) is 16.8. The Balaban J connectivity index is 1.75. The van der Waals surface area contributed by atoms with Gasteiger partial charge in [-0.1, -0.05) is 23.2 Å². The van der Waals surface area contributed by atoms with Crippen molar-refractivity contribution in [2.75, 3.05) is 11.9 Å². The summed E-state index contributed by atoms with van der Waals surface area (Å²) < 4.78 is 0. The Morgan fingerprint density at radius 1 is 1.24 bits per heavy atom. The number of amides is 2. The molecule has 0 unspecified atom stereocenters. The van der Waals surface area contributed by atoms with E-state index in [1.165, 1.54) is 0 Å². The molecule has 2 amide bonds. The summed E-state index contributed by atoms with van der Waals surface area (Å²) in [6.07, 6.45) is 2.93. The van der Waals surface area contributed by atoms with E-state index in [2.05, 4.69) is 10.3 Å². The number of hydrogen-bond acceptors (Lipinski definition) is 3. The summed E-state index contributed by atoms with van der Waals surface area (Å²) in [5, 5.41) is 3.64. The van der Waals surface area contributed by atoms with Crippen LogP contribution in [0.2, 0.25) is 10.0 Å². The number of aryl methyl sites for hydroxylation is 1. The number of anilines is 1. The Hall–Kier alpha value is -2.11. The first-order valence-corrected chi connectivity index (χ1v) is 8.71. The van der Waals surface area contributed by atoms with Gasteiger partial charge in [-0.15, -0.1) is 0 Å². The van der Waals surface area contributed by atoms with E-state index in [-0.39, 0.29) is 11.8 Å². The lowest BCUT2D eigenvalue weighted by atomic mass is 10.1. The van der Waals surface area contributed by atoms with E-state index < -0.39 is 6.04 Å². The van der Waals surface area contributed by atoms with Crippen molar-refractivity contribution in [3.63, 3.8) is 0 Å². The number of halogens is 2. The lowest BCUT2D eigenvalue weighted by molar-refractivity contribution is -0.119. The number of hydrogen-bond donors (Lipinski definition) is 1. The van der Waals surface area contributed by atoms with Gasteiger partial charge >= 0.3 is 0 Å². The van der Waals surface area contributed by atoms with E-state index in [4.69, 9.17) is 23.2 Å². The van der Waals surface area contributed by atoms with Crippen LogP contribution in [-0.4, -0.2) is 34.3 Å². The number of carbonyl (C=O) groups is 2. The molecule has 7 heteroatoms. The van der Waals surface area contributed by atoms with Crippen molar-refractivity contribution in [3.8, 4) is 0 Å². The van der Waals surface area contributed by atoms with Crippen LogP contribution in [0, 0.1) is 6.92 Å². The summed E-state index contributed by atoms with van der Waals surface area (Å²) in [6, 6.07) is 7.85. The number of benzene rings is 1.